The highest BCUT2D eigenvalue weighted by Crippen LogP contribution is 2.04. The van der Waals surface area contributed by atoms with Gasteiger partial charge in [-0.05, 0) is 12.8 Å². The second-order valence-electron chi connectivity index (χ2n) is 6.96. The molecule has 4 unspecified atom stereocenters. The van der Waals surface area contributed by atoms with Gasteiger partial charge in [-0.15, -0.1) is 0 Å². The Hall–Kier alpha value is -3.60. The van der Waals surface area contributed by atoms with E-state index in [-0.39, 0.29) is 31.1 Å². The molecule has 34 heavy (non-hydrogen) atoms. The van der Waals surface area contributed by atoms with Crippen LogP contribution < -0.4 is 33.2 Å². The first-order chi connectivity index (χ1) is 15.8. The van der Waals surface area contributed by atoms with Crippen LogP contribution in [0.4, 0.5) is 0 Å². The summed E-state index contributed by atoms with van der Waals surface area (Å²) in [6.45, 7) is 0.0924. The number of nitrogens with one attached hydrogen (secondary N) is 3. The van der Waals surface area contributed by atoms with Crippen molar-refractivity contribution in [2.45, 2.75) is 49.9 Å². The summed E-state index contributed by atoms with van der Waals surface area (Å²) in [6.07, 6.45) is -1.78. The Morgan fingerprint density at radius 2 is 1.26 bits per heavy atom. The van der Waals surface area contributed by atoms with Gasteiger partial charge in [0.1, 0.15) is 18.1 Å². The van der Waals surface area contributed by atoms with E-state index >= 15 is 0 Å². The fraction of sp³-hybridized carbons (Fsp3) is 0.588. The number of nitrogens with two attached hydrogens (primary N) is 3. The maximum atomic E-state index is 12.8. The average molecular weight is 508 g/mol. The summed E-state index contributed by atoms with van der Waals surface area (Å²) in [5.41, 5.74) is 16.0. The van der Waals surface area contributed by atoms with E-state index in [2.05, 4.69) is 28.3 Å². The van der Waals surface area contributed by atoms with Gasteiger partial charge < -0.3 is 48.5 Å². The fourth-order valence-corrected chi connectivity index (χ4v) is 2.60. The summed E-state index contributed by atoms with van der Waals surface area (Å²) >= 11 is 3.89. The SMILES string of the molecule is NC(N)=NCCCC(NC(=O)C(N)CS)C(=O)NC(CC(=O)O)C(=O)NC(CC(=O)O)C(=O)O. The lowest BCUT2D eigenvalue weighted by Crippen LogP contribution is -2.57. The van der Waals surface area contributed by atoms with Gasteiger partial charge in [0.25, 0.3) is 0 Å². The van der Waals surface area contributed by atoms with Gasteiger partial charge in [0.05, 0.1) is 18.9 Å². The first kappa shape index (κ1) is 30.4. The fourth-order valence-electron chi connectivity index (χ4n) is 2.44. The smallest absolute Gasteiger partial charge is 0.326 e. The Kier molecular flexibility index (Phi) is 13.7. The minimum Gasteiger partial charge on any atom is -0.481 e. The van der Waals surface area contributed by atoms with E-state index in [1.54, 1.807) is 0 Å². The molecule has 0 fully saturated rings. The van der Waals surface area contributed by atoms with Crippen molar-refractivity contribution in [1.82, 2.24) is 16.0 Å². The molecule has 0 saturated heterocycles. The lowest BCUT2D eigenvalue weighted by atomic mass is 10.1. The Bertz CT molecular complexity index is 804. The number of hydrogen-bond donors (Lipinski definition) is 10. The molecule has 0 aliphatic carbocycles. The number of aliphatic imine (C=N–C) groups is 1. The van der Waals surface area contributed by atoms with Crippen LogP contribution in [-0.2, 0) is 28.8 Å². The highest BCUT2D eigenvalue weighted by molar-refractivity contribution is 7.80. The van der Waals surface area contributed by atoms with Crippen LogP contribution in [0.25, 0.3) is 0 Å². The molecule has 0 aromatic heterocycles. The summed E-state index contributed by atoms with van der Waals surface area (Å²) in [5.74, 6) is -7.94. The van der Waals surface area contributed by atoms with Crippen LogP contribution in [0.15, 0.2) is 4.99 Å². The van der Waals surface area contributed by atoms with Gasteiger partial charge in [0.2, 0.25) is 17.7 Å². The van der Waals surface area contributed by atoms with Gasteiger partial charge in [0.15, 0.2) is 5.96 Å². The van der Waals surface area contributed by atoms with Crippen LogP contribution in [0.3, 0.4) is 0 Å². The van der Waals surface area contributed by atoms with Crippen molar-refractivity contribution < 1.29 is 44.1 Å². The number of carboxylic acid groups (broad SMARTS) is 3. The second-order valence-corrected chi connectivity index (χ2v) is 7.32. The van der Waals surface area contributed by atoms with Gasteiger partial charge in [-0.25, -0.2) is 4.79 Å². The highest BCUT2D eigenvalue weighted by atomic mass is 32.1. The standard InChI is InChI=1S/C17H29N7O9S/c18-7(6-34)13(29)22-8(2-1-3-21-17(19)20)14(30)23-9(4-11(25)26)15(31)24-10(16(32)33)5-12(27)28/h7-10,34H,1-6,18H2,(H,22,29)(H,23,30)(H,24,31)(H,25,26)(H,27,28)(H,32,33)(H4,19,20,21). The van der Waals surface area contributed by atoms with E-state index in [1.165, 1.54) is 0 Å². The molecule has 0 spiro atoms. The third-order valence-electron chi connectivity index (χ3n) is 4.12. The molecule has 192 valence electrons. The van der Waals surface area contributed by atoms with Crippen LogP contribution in [0.5, 0.6) is 0 Å². The molecule has 0 radical (unpaired) electrons. The molecule has 0 aliphatic heterocycles. The molecular formula is C17H29N7O9S. The number of hydrogen-bond acceptors (Lipinski definition) is 9. The van der Waals surface area contributed by atoms with Gasteiger partial charge in [0, 0.05) is 12.3 Å². The number of thiol groups is 1. The lowest BCUT2D eigenvalue weighted by molar-refractivity contribution is -0.148. The van der Waals surface area contributed by atoms with Crippen LogP contribution in [0.2, 0.25) is 0 Å². The zero-order valence-corrected chi connectivity index (χ0v) is 18.9. The van der Waals surface area contributed by atoms with Crippen molar-refractivity contribution in [2.75, 3.05) is 12.3 Å². The van der Waals surface area contributed by atoms with E-state index in [9.17, 15) is 28.8 Å². The number of nitrogens with zero attached hydrogens (tertiary/aromatic N) is 1. The average Bonchev–Trinajstić information content (AvgIpc) is 2.72. The van der Waals surface area contributed by atoms with Gasteiger partial charge in [-0.3, -0.25) is 29.0 Å². The first-order valence-corrected chi connectivity index (χ1v) is 10.4. The predicted octanol–water partition coefficient (Wildman–Crippen LogP) is -4.21. The van der Waals surface area contributed by atoms with Gasteiger partial charge in [-0.1, -0.05) is 0 Å². The maximum Gasteiger partial charge on any atom is 0.326 e. The lowest BCUT2D eigenvalue weighted by Gasteiger charge is -2.24. The van der Waals surface area contributed by atoms with Crippen molar-refractivity contribution in [1.29, 1.82) is 0 Å². The Morgan fingerprint density at radius 1 is 0.794 bits per heavy atom. The molecule has 0 bridgehead atoms. The monoisotopic (exact) mass is 507 g/mol. The first-order valence-electron chi connectivity index (χ1n) is 9.77. The molecule has 4 atom stereocenters. The normalized spacial score (nSPS) is 13.9. The third kappa shape index (κ3) is 12.4. The molecular weight excluding hydrogens is 478 g/mol. The number of rotatable bonds is 16. The Balaban J connectivity index is 5.57. The summed E-state index contributed by atoms with van der Waals surface area (Å²) in [5, 5.41) is 33.3. The number of carbonyl (C=O) groups is 6. The number of carboxylic acids is 3. The second kappa shape index (κ2) is 15.3. The highest BCUT2D eigenvalue weighted by Gasteiger charge is 2.32. The van der Waals surface area contributed by atoms with E-state index < -0.39 is 72.6 Å². The predicted molar refractivity (Wildman–Crippen MR) is 120 cm³/mol. The largest absolute Gasteiger partial charge is 0.481 e. The Morgan fingerprint density at radius 3 is 1.74 bits per heavy atom. The van der Waals surface area contributed by atoms with Gasteiger partial charge in [-0.2, -0.15) is 12.6 Å². The van der Waals surface area contributed by atoms with E-state index in [1.807, 2.05) is 5.32 Å². The van der Waals surface area contributed by atoms with Crippen LogP contribution in [0.1, 0.15) is 25.7 Å². The summed E-state index contributed by atoms with van der Waals surface area (Å²) in [6, 6.07) is -6.01. The summed E-state index contributed by atoms with van der Waals surface area (Å²) in [7, 11) is 0. The number of amides is 3. The summed E-state index contributed by atoms with van der Waals surface area (Å²) < 4.78 is 0. The molecule has 0 saturated carbocycles. The molecule has 3 amide bonds. The number of carbonyl (C=O) groups excluding carboxylic acids is 3. The zero-order valence-electron chi connectivity index (χ0n) is 18.0. The van der Waals surface area contributed by atoms with Crippen molar-refractivity contribution in [3.63, 3.8) is 0 Å². The van der Waals surface area contributed by atoms with Gasteiger partial charge >= 0.3 is 17.9 Å². The van der Waals surface area contributed by atoms with Crippen LogP contribution in [-0.4, -0.2) is 93.4 Å². The molecule has 12 N–H and O–H groups in total. The van der Waals surface area contributed by atoms with E-state index in [4.69, 9.17) is 32.5 Å². The number of guanidine groups is 1. The molecule has 16 nitrogen and oxygen atoms in total. The van der Waals surface area contributed by atoms with Crippen LogP contribution >= 0.6 is 12.6 Å². The van der Waals surface area contributed by atoms with E-state index in [0.717, 1.165) is 0 Å². The van der Waals surface area contributed by atoms with Crippen molar-refractivity contribution in [3.8, 4) is 0 Å². The topological polar surface area (TPSA) is 290 Å². The molecule has 0 aromatic rings. The quantitative estimate of drug-likeness (QED) is 0.0411. The van der Waals surface area contributed by atoms with Crippen molar-refractivity contribution in [2.24, 2.45) is 22.2 Å². The van der Waals surface area contributed by atoms with Crippen molar-refractivity contribution >= 4 is 54.2 Å². The molecule has 0 aliphatic rings. The van der Waals surface area contributed by atoms with E-state index in [0.29, 0.717) is 0 Å². The molecule has 17 heteroatoms. The Labute approximate surface area is 199 Å². The molecule has 0 rings (SSSR count). The minimum absolute atomic E-state index is 0.0359. The van der Waals surface area contributed by atoms with Crippen LogP contribution in [0, 0.1) is 0 Å². The molecule has 0 aromatic carbocycles. The zero-order chi connectivity index (χ0) is 26.4. The summed E-state index contributed by atoms with van der Waals surface area (Å²) in [4.78, 5) is 74.2. The number of aliphatic carboxylic acids is 3. The minimum atomic E-state index is -1.87. The third-order valence-corrected chi connectivity index (χ3v) is 4.51. The maximum absolute atomic E-state index is 12.8. The van der Waals surface area contributed by atoms with Crippen molar-refractivity contribution in [3.05, 3.63) is 0 Å². The molecule has 0 heterocycles.